The van der Waals surface area contributed by atoms with Crippen LogP contribution in [0.2, 0.25) is 0 Å². The summed E-state index contributed by atoms with van der Waals surface area (Å²) in [5.41, 5.74) is 11.4. The predicted molar refractivity (Wildman–Crippen MR) is 137 cm³/mol. The SMILES string of the molecule is CCCCc1nc2c(N)nc3ccccc3c2n1Cc1ccc(CNC(=O)CC2CCC2)cc1. The molecule has 6 nitrogen and oxygen atoms in total. The molecule has 0 bridgehead atoms. The summed E-state index contributed by atoms with van der Waals surface area (Å²) in [6, 6.07) is 16.6. The summed E-state index contributed by atoms with van der Waals surface area (Å²) in [6.45, 7) is 3.49. The van der Waals surface area contributed by atoms with Crippen molar-refractivity contribution in [2.24, 2.45) is 5.92 Å². The Morgan fingerprint density at radius 1 is 1.09 bits per heavy atom. The molecule has 2 heterocycles. The number of carbonyl (C=O) groups excluding carboxylic acids is 1. The number of anilines is 1. The molecule has 0 atom stereocenters. The first-order valence-electron chi connectivity index (χ1n) is 12.5. The number of nitrogen functional groups attached to an aromatic ring is 1. The Morgan fingerprint density at radius 2 is 1.85 bits per heavy atom. The van der Waals surface area contributed by atoms with Crippen LogP contribution in [0.5, 0.6) is 0 Å². The molecule has 176 valence electrons. The van der Waals surface area contributed by atoms with Gasteiger partial charge in [0.1, 0.15) is 11.3 Å². The number of benzene rings is 2. The van der Waals surface area contributed by atoms with Crippen LogP contribution in [0.1, 0.15) is 62.4 Å². The average molecular weight is 456 g/mol. The van der Waals surface area contributed by atoms with Gasteiger partial charge in [-0.05, 0) is 42.4 Å². The lowest BCUT2D eigenvalue weighted by atomic mass is 9.83. The number of nitrogens with two attached hydrogens (primary N) is 1. The summed E-state index contributed by atoms with van der Waals surface area (Å²) < 4.78 is 2.31. The monoisotopic (exact) mass is 455 g/mol. The van der Waals surface area contributed by atoms with Crippen LogP contribution in [0, 0.1) is 5.92 Å². The number of carbonyl (C=O) groups is 1. The number of hydrogen-bond acceptors (Lipinski definition) is 4. The topological polar surface area (TPSA) is 85.8 Å². The zero-order valence-electron chi connectivity index (χ0n) is 19.9. The van der Waals surface area contributed by atoms with Crippen LogP contribution < -0.4 is 11.1 Å². The molecule has 2 aromatic heterocycles. The number of fused-ring (bicyclic) bond motifs is 3. The van der Waals surface area contributed by atoms with Gasteiger partial charge in [0.2, 0.25) is 5.91 Å². The van der Waals surface area contributed by atoms with Crippen LogP contribution in [0.25, 0.3) is 21.9 Å². The highest BCUT2D eigenvalue weighted by atomic mass is 16.1. The highest BCUT2D eigenvalue weighted by Crippen LogP contribution is 2.30. The van der Waals surface area contributed by atoms with Crippen molar-refractivity contribution in [3.8, 4) is 0 Å². The summed E-state index contributed by atoms with van der Waals surface area (Å²) in [7, 11) is 0. The normalized spacial score (nSPS) is 13.9. The van der Waals surface area contributed by atoms with Gasteiger partial charge in [-0.15, -0.1) is 0 Å². The summed E-state index contributed by atoms with van der Waals surface area (Å²) in [4.78, 5) is 21.7. The van der Waals surface area contributed by atoms with Crippen molar-refractivity contribution in [1.82, 2.24) is 19.9 Å². The molecule has 1 fully saturated rings. The van der Waals surface area contributed by atoms with Crippen LogP contribution in [-0.4, -0.2) is 20.4 Å². The van der Waals surface area contributed by atoms with Gasteiger partial charge in [0.25, 0.3) is 0 Å². The number of aryl methyl sites for hydroxylation is 1. The molecule has 0 aliphatic heterocycles. The summed E-state index contributed by atoms with van der Waals surface area (Å²) in [5.74, 6) is 2.29. The number of nitrogens with one attached hydrogen (secondary N) is 1. The first-order chi connectivity index (χ1) is 16.6. The standard InChI is InChI=1S/C28H33N5O/c1-2-3-11-24-32-26-27(22-9-4-5-10-23(22)31-28(26)29)33(24)18-21-14-12-20(13-15-21)17-30-25(34)16-19-7-6-8-19/h4-5,9-10,12-15,19H,2-3,6-8,11,16-18H2,1H3,(H2,29,31)(H,30,34). The van der Waals surface area contributed by atoms with Crippen LogP contribution in [-0.2, 0) is 24.3 Å². The van der Waals surface area contributed by atoms with Gasteiger partial charge in [0.15, 0.2) is 5.82 Å². The summed E-state index contributed by atoms with van der Waals surface area (Å²) in [6.07, 6.45) is 7.42. The largest absolute Gasteiger partial charge is 0.382 e. The van der Waals surface area contributed by atoms with Gasteiger partial charge in [0.05, 0.1) is 11.0 Å². The lowest BCUT2D eigenvalue weighted by Gasteiger charge is -2.24. The number of imidazole rings is 1. The van der Waals surface area contributed by atoms with E-state index >= 15 is 0 Å². The second kappa shape index (κ2) is 9.84. The number of rotatable bonds is 9. The molecule has 5 rings (SSSR count). The Kier molecular flexibility index (Phi) is 6.48. The zero-order chi connectivity index (χ0) is 23.5. The quantitative estimate of drug-likeness (QED) is 0.356. The highest BCUT2D eigenvalue weighted by molar-refractivity contribution is 6.06. The molecule has 0 saturated heterocycles. The fraction of sp³-hybridized carbons (Fsp3) is 0.393. The molecule has 3 N–H and O–H groups in total. The van der Waals surface area contributed by atoms with Crippen LogP contribution in [0.15, 0.2) is 48.5 Å². The Balaban J connectivity index is 1.39. The van der Waals surface area contributed by atoms with Crippen molar-refractivity contribution in [2.75, 3.05) is 5.73 Å². The van der Waals surface area contributed by atoms with E-state index in [2.05, 4.69) is 52.1 Å². The molecule has 1 aliphatic carbocycles. The van der Waals surface area contributed by atoms with Crippen molar-refractivity contribution in [3.63, 3.8) is 0 Å². The first-order valence-corrected chi connectivity index (χ1v) is 12.5. The number of unbranched alkanes of at least 4 members (excludes halogenated alkanes) is 1. The Morgan fingerprint density at radius 3 is 2.59 bits per heavy atom. The molecular weight excluding hydrogens is 422 g/mol. The fourth-order valence-corrected chi connectivity index (χ4v) is 4.78. The highest BCUT2D eigenvalue weighted by Gasteiger charge is 2.20. The first kappa shape index (κ1) is 22.4. The van der Waals surface area contributed by atoms with E-state index in [4.69, 9.17) is 10.7 Å². The van der Waals surface area contributed by atoms with Crippen molar-refractivity contribution in [1.29, 1.82) is 0 Å². The van der Waals surface area contributed by atoms with Gasteiger partial charge >= 0.3 is 0 Å². The molecule has 0 unspecified atom stereocenters. The minimum Gasteiger partial charge on any atom is -0.382 e. The van der Waals surface area contributed by atoms with E-state index < -0.39 is 0 Å². The zero-order valence-corrected chi connectivity index (χ0v) is 19.9. The number of hydrogen-bond donors (Lipinski definition) is 2. The van der Waals surface area contributed by atoms with Crippen molar-refractivity contribution in [2.45, 2.75) is 65.0 Å². The maximum Gasteiger partial charge on any atom is 0.220 e. The Bertz CT molecular complexity index is 1300. The van der Waals surface area contributed by atoms with Crippen molar-refractivity contribution in [3.05, 3.63) is 65.5 Å². The number of pyridine rings is 1. The van der Waals surface area contributed by atoms with E-state index in [1.165, 1.54) is 24.8 Å². The molecule has 0 radical (unpaired) electrons. The lowest BCUT2D eigenvalue weighted by molar-refractivity contribution is -0.122. The maximum atomic E-state index is 12.1. The molecule has 4 aromatic rings. The van der Waals surface area contributed by atoms with Gasteiger partial charge in [0, 0.05) is 31.3 Å². The van der Waals surface area contributed by atoms with Crippen LogP contribution >= 0.6 is 0 Å². The second-order valence-electron chi connectivity index (χ2n) is 9.52. The number of nitrogens with zero attached hydrogens (tertiary/aromatic N) is 3. The Hall–Kier alpha value is -3.41. The van der Waals surface area contributed by atoms with Gasteiger partial charge < -0.3 is 15.6 Å². The van der Waals surface area contributed by atoms with Crippen molar-refractivity contribution < 1.29 is 4.79 Å². The lowest BCUT2D eigenvalue weighted by Crippen LogP contribution is -2.27. The maximum absolute atomic E-state index is 12.1. The van der Waals surface area contributed by atoms with E-state index in [1.807, 2.05) is 18.2 Å². The molecule has 6 heteroatoms. The number of para-hydroxylation sites is 1. The summed E-state index contributed by atoms with van der Waals surface area (Å²) >= 11 is 0. The van der Waals surface area contributed by atoms with Crippen LogP contribution in [0.3, 0.4) is 0 Å². The smallest absolute Gasteiger partial charge is 0.220 e. The van der Waals surface area contributed by atoms with Gasteiger partial charge in [-0.1, -0.05) is 62.2 Å². The molecule has 1 amide bonds. The molecule has 1 saturated carbocycles. The molecule has 0 spiro atoms. The minimum atomic E-state index is 0.164. The molecule has 1 aliphatic rings. The third kappa shape index (κ3) is 4.63. The molecule has 2 aromatic carbocycles. The van der Waals surface area contributed by atoms with E-state index in [1.54, 1.807) is 0 Å². The molecular formula is C28H33N5O. The third-order valence-electron chi connectivity index (χ3n) is 7.00. The van der Waals surface area contributed by atoms with E-state index in [0.717, 1.165) is 59.1 Å². The number of aromatic nitrogens is 3. The Labute approximate surface area is 200 Å². The van der Waals surface area contributed by atoms with Gasteiger partial charge in [-0.3, -0.25) is 4.79 Å². The fourth-order valence-electron chi connectivity index (χ4n) is 4.78. The van der Waals surface area contributed by atoms with Gasteiger partial charge in [-0.2, -0.15) is 0 Å². The second-order valence-corrected chi connectivity index (χ2v) is 9.52. The van der Waals surface area contributed by atoms with E-state index in [9.17, 15) is 4.79 Å². The average Bonchev–Trinajstić information content (AvgIpc) is 3.18. The third-order valence-corrected chi connectivity index (χ3v) is 7.00. The van der Waals surface area contributed by atoms with E-state index in [0.29, 0.717) is 24.7 Å². The van der Waals surface area contributed by atoms with E-state index in [-0.39, 0.29) is 5.91 Å². The van der Waals surface area contributed by atoms with Gasteiger partial charge in [-0.25, -0.2) is 9.97 Å². The molecule has 34 heavy (non-hydrogen) atoms. The summed E-state index contributed by atoms with van der Waals surface area (Å²) in [5, 5.41) is 4.15. The number of amides is 1. The van der Waals surface area contributed by atoms with Crippen molar-refractivity contribution >= 4 is 33.7 Å². The predicted octanol–water partition coefficient (Wildman–Crippen LogP) is 5.36. The van der Waals surface area contributed by atoms with Crippen LogP contribution in [0.4, 0.5) is 5.82 Å². The minimum absolute atomic E-state index is 0.164.